The number of aromatic hydroxyl groups is 3. The maximum Gasteiger partial charge on any atom is 0.244 e. The maximum atomic E-state index is 11.8. The summed E-state index contributed by atoms with van der Waals surface area (Å²) in [6.07, 6.45) is 1.37. The van der Waals surface area contributed by atoms with Gasteiger partial charge in [0.25, 0.3) is 0 Å². The summed E-state index contributed by atoms with van der Waals surface area (Å²) in [6, 6.07) is 7.73. The number of nitrogens with zero attached hydrogens (tertiary/aromatic N) is 1. The van der Waals surface area contributed by atoms with E-state index in [0.29, 0.717) is 10.0 Å². The fraction of sp³-hybridized carbons (Fsp3) is 0.0667. The Bertz CT molecular complexity index is 761. The highest BCUT2D eigenvalue weighted by molar-refractivity contribution is 9.11. The van der Waals surface area contributed by atoms with E-state index in [9.17, 15) is 20.1 Å². The molecule has 0 atom stereocenters. The lowest BCUT2D eigenvalue weighted by Crippen LogP contribution is -2.19. The van der Waals surface area contributed by atoms with Gasteiger partial charge < -0.3 is 15.3 Å². The quantitative estimate of drug-likeness (QED) is 0.430. The summed E-state index contributed by atoms with van der Waals surface area (Å²) in [6.45, 7) is 0. The zero-order valence-corrected chi connectivity index (χ0v) is 14.8. The molecule has 0 aliphatic heterocycles. The van der Waals surface area contributed by atoms with Crippen molar-refractivity contribution in [2.75, 3.05) is 0 Å². The van der Waals surface area contributed by atoms with Gasteiger partial charge in [-0.3, -0.25) is 4.79 Å². The van der Waals surface area contributed by atoms with Crippen LogP contribution in [0.1, 0.15) is 11.1 Å². The van der Waals surface area contributed by atoms with Gasteiger partial charge in [0.1, 0.15) is 21.7 Å². The Morgan fingerprint density at radius 1 is 1.13 bits per heavy atom. The van der Waals surface area contributed by atoms with Crippen LogP contribution in [0.5, 0.6) is 17.2 Å². The van der Waals surface area contributed by atoms with Gasteiger partial charge in [-0.05, 0) is 55.6 Å². The second kappa shape index (κ2) is 7.47. The van der Waals surface area contributed by atoms with Crippen molar-refractivity contribution < 1.29 is 20.1 Å². The molecule has 4 N–H and O–H groups in total. The molecule has 0 saturated heterocycles. The molecule has 2 aromatic carbocycles. The monoisotopic (exact) mass is 442 g/mol. The third-order valence-electron chi connectivity index (χ3n) is 2.89. The van der Waals surface area contributed by atoms with Crippen LogP contribution in [-0.2, 0) is 11.2 Å². The summed E-state index contributed by atoms with van der Waals surface area (Å²) >= 11 is 6.19. The van der Waals surface area contributed by atoms with Gasteiger partial charge in [-0.2, -0.15) is 5.10 Å². The van der Waals surface area contributed by atoms with Crippen molar-refractivity contribution >= 4 is 44.0 Å². The molecular formula is C15H12Br2N2O4. The van der Waals surface area contributed by atoms with E-state index >= 15 is 0 Å². The number of hydrogen-bond donors (Lipinski definition) is 4. The average Bonchev–Trinajstić information content (AvgIpc) is 2.52. The maximum absolute atomic E-state index is 11.8. The van der Waals surface area contributed by atoms with Gasteiger partial charge in [-0.1, -0.05) is 12.1 Å². The van der Waals surface area contributed by atoms with Crippen molar-refractivity contribution in [1.29, 1.82) is 0 Å². The molecule has 0 radical (unpaired) electrons. The topological polar surface area (TPSA) is 102 Å². The van der Waals surface area contributed by atoms with E-state index in [1.54, 1.807) is 12.1 Å². The molecule has 120 valence electrons. The SMILES string of the molecule is O=C(Cc1ccc(O)cc1)N/N=C\c1cc(Br)c(O)c(Br)c1O. The van der Waals surface area contributed by atoms with Crippen LogP contribution in [0, 0.1) is 0 Å². The van der Waals surface area contributed by atoms with Gasteiger partial charge in [0.2, 0.25) is 5.91 Å². The summed E-state index contributed by atoms with van der Waals surface area (Å²) in [4.78, 5) is 11.8. The minimum atomic E-state index is -0.344. The standard InChI is InChI=1S/C15H12Br2N2O4/c16-11-6-9(14(22)13(17)15(11)23)7-18-19-12(21)5-8-1-3-10(20)4-2-8/h1-4,6-7,20,22-23H,5H2,(H,19,21)/b18-7-. The lowest BCUT2D eigenvalue weighted by atomic mass is 10.1. The van der Waals surface area contributed by atoms with Crippen LogP contribution in [-0.4, -0.2) is 27.4 Å². The molecule has 1 amide bonds. The predicted molar refractivity (Wildman–Crippen MR) is 92.7 cm³/mol. The second-order valence-electron chi connectivity index (χ2n) is 4.60. The number of hydrazone groups is 1. The van der Waals surface area contributed by atoms with Crippen molar-refractivity contribution in [2.24, 2.45) is 5.10 Å². The Labute approximate surface area is 148 Å². The van der Waals surface area contributed by atoms with Gasteiger partial charge in [0.05, 0.1) is 17.1 Å². The van der Waals surface area contributed by atoms with Crippen LogP contribution in [0.4, 0.5) is 0 Å². The second-order valence-corrected chi connectivity index (χ2v) is 6.24. The first-order chi connectivity index (χ1) is 10.9. The molecule has 6 nitrogen and oxygen atoms in total. The van der Waals surface area contributed by atoms with Gasteiger partial charge in [-0.25, -0.2) is 5.43 Å². The highest BCUT2D eigenvalue weighted by Gasteiger charge is 2.12. The summed E-state index contributed by atoms with van der Waals surface area (Å²) in [5.41, 5.74) is 3.38. The van der Waals surface area contributed by atoms with Crippen LogP contribution in [0.15, 0.2) is 44.4 Å². The summed E-state index contributed by atoms with van der Waals surface area (Å²) in [7, 11) is 0. The van der Waals surface area contributed by atoms with Crippen molar-refractivity contribution in [3.05, 3.63) is 50.4 Å². The normalized spacial score (nSPS) is 10.9. The third-order valence-corrected chi connectivity index (χ3v) is 4.25. The van der Waals surface area contributed by atoms with Crippen LogP contribution < -0.4 is 5.43 Å². The number of phenolic OH excluding ortho intramolecular Hbond substituents is 3. The van der Waals surface area contributed by atoms with Crippen molar-refractivity contribution in [3.63, 3.8) is 0 Å². The fourth-order valence-electron chi connectivity index (χ4n) is 1.73. The molecule has 0 saturated carbocycles. The molecule has 0 aromatic heterocycles. The molecule has 0 fully saturated rings. The third kappa shape index (κ3) is 4.46. The molecule has 0 spiro atoms. The zero-order chi connectivity index (χ0) is 17.0. The number of hydrogen-bond acceptors (Lipinski definition) is 5. The molecule has 2 rings (SSSR count). The predicted octanol–water partition coefficient (Wildman–Crippen LogP) is 3.02. The number of halogens is 2. The molecular weight excluding hydrogens is 432 g/mol. The first-order valence-electron chi connectivity index (χ1n) is 6.38. The van der Waals surface area contributed by atoms with Crippen LogP contribution in [0.25, 0.3) is 0 Å². The van der Waals surface area contributed by atoms with E-state index in [-0.39, 0.29) is 34.0 Å². The number of phenols is 3. The Morgan fingerprint density at radius 2 is 1.78 bits per heavy atom. The molecule has 23 heavy (non-hydrogen) atoms. The first kappa shape index (κ1) is 17.3. The molecule has 0 aliphatic carbocycles. The number of benzene rings is 2. The average molecular weight is 444 g/mol. The summed E-state index contributed by atoms with van der Waals surface area (Å²) in [5, 5.41) is 32.4. The van der Waals surface area contributed by atoms with Crippen LogP contribution in [0.2, 0.25) is 0 Å². The van der Waals surface area contributed by atoms with Crippen molar-refractivity contribution in [3.8, 4) is 17.2 Å². The molecule has 0 bridgehead atoms. The van der Waals surface area contributed by atoms with E-state index in [2.05, 4.69) is 42.4 Å². The van der Waals surface area contributed by atoms with E-state index in [1.807, 2.05) is 0 Å². The van der Waals surface area contributed by atoms with Crippen LogP contribution in [0.3, 0.4) is 0 Å². The van der Waals surface area contributed by atoms with Crippen molar-refractivity contribution in [2.45, 2.75) is 6.42 Å². The lowest BCUT2D eigenvalue weighted by molar-refractivity contribution is -0.120. The van der Waals surface area contributed by atoms with Gasteiger partial charge in [0, 0.05) is 5.56 Å². The van der Waals surface area contributed by atoms with Crippen LogP contribution >= 0.6 is 31.9 Å². The number of rotatable bonds is 4. The van der Waals surface area contributed by atoms with E-state index in [4.69, 9.17) is 0 Å². The minimum Gasteiger partial charge on any atom is -0.508 e. The van der Waals surface area contributed by atoms with E-state index in [0.717, 1.165) is 5.56 Å². The van der Waals surface area contributed by atoms with E-state index < -0.39 is 0 Å². The smallest absolute Gasteiger partial charge is 0.244 e. The number of amides is 1. The Balaban J connectivity index is 2.01. The fourth-order valence-corrected chi connectivity index (χ4v) is 2.88. The number of carbonyl (C=O) groups excluding carboxylic acids is 1. The molecule has 8 heteroatoms. The number of nitrogens with one attached hydrogen (secondary N) is 1. The Hall–Kier alpha value is -2.06. The minimum absolute atomic E-state index is 0.104. The highest BCUT2D eigenvalue weighted by Crippen LogP contribution is 2.40. The Kier molecular flexibility index (Phi) is 5.62. The van der Waals surface area contributed by atoms with Gasteiger partial charge in [0.15, 0.2) is 0 Å². The molecule has 0 aliphatic rings. The van der Waals surface area contributed by atoms with Gasteiger partial charge in [-0.15, -0.1) is 0 Å². The molecule has 0 heterocycles. The molecule has 0 unspecified atom stereocenters. The van der Waals surface area contributed by atoms with Crippen molar-refractivity contribution in [1.82, 2.24) is 5.43 Å². The summed E-state index contributed by atoms with van der Waals surface area (Å²) in [5.74, 6) is -0.535. The highest BCUT2D eigenvalue weighted by atomic mass is 79.9. The summed E-state index contributed by atoms with van der Waals surface area (Å²) < 4.78 is 0.503. The first-order valence-corrected chi connectivity index (χ1v) is 7.97. The van der Waals surface area contributed by atoms with Gasteiger partial charge >= 0.3 is 0 Å². The zero-order valence-electron chi connectivity index (χ0n) is 11.6. The molecule has 2 aromatic rings. The largest absolute Gasteiger partial charge is 0.508 e. The lowest BCUT2D eigenvalue weighted by Gasteiger charge is -2.06. The van der Waals surface area contributed by atoms with E-state index in [1.165, 1.54) is 24.4 Å². The Morgan fingerprint density at radius 3 is 2.43 bits per heavy atom. The number of carbonyl (C=O) groups is 1.